The zero-order valence-corrected chi connectivity index (χ0v) is 11.0. The van der Waals surface area contributed by atoms with Gasteiger partial charge in [-0.15, -0.1) is 11.8 Å². The van der Waals surface area contributed by atoms with Crippen LogP contribution < -0.4 is 5.32 Å². The Balaban J connectivity index is 2.24. The number of aromatic amines is 1. The molecule has 0 aliphatic carbocycles. The van der Waals surface area contributed by atoms with Crippen LogP contribution in [0.4, 0.5) is 5.69 Å². The van der Waals surface area contributed by atoms with Crippen LogP contribution in [-0.2, 0) is 4.79 Å². The summed E-state index contributed by atoms with van der Waals surface area (Å²) in [7, 11) is 1.89. The Hall–Kier alpha value is -1.62. The van der Waals surface area contributed by atoms with E-state index in [9.17, 15) is 9.90 Å². The van der Waals surface area contributed by atoms with E-state index in [1.54, 1.807) is 0 Å². The van der Waals surface area contributed by atoms with Gasteiger partial charge < -0.3 is 15.4 Å². The average Bonchev–Trinajstić information content (AvgIpc) is 2.79. The number of hydrogen-bond acceptors (Lipinski definition) is 3. The number of aromatic nitrogens is 1. The van der Waals surface area contributed by atoms with E-state index in [0.717, 1.165) is 27.0 Å². The molecule has 4 nitrogen and oxygen atoms in total. The van der Waals surface area contributed by atoms with Crippen LogP contribution in [0.15, 0.2) is 23.2 Å². The van der Waals surface area contributed by atoms with Crippen LogP contribution in [0.25, 0.3) is 10.9 Å². The summed E-state index contributed by atoms with van der Waals surface area (Å²) in [6.45, 7) is 1.98. The first-order valence-electron chi connectivity index (χ1n) is 5.84. The Morgan fingerprint density at radius 2 is 2.28 bits per heavy atom. The lowest BCUT2D eigenvalue weighted by Crippen LogP contribution is -2.25. The highest BCUT2D eigenvalue weighted by atomic mass is 32.2. The molecule has 3 rings (SSSR count). The molecule has 0 radical (unpaired) electrons. The Bertz CT molecular complexity index is 635. The van der Waals surface area contributed by atoms with Crippen molar-refractivity contribution in [2.24, 2.45) is 0 Å². The fraction of sp³-hybridized carbons (Fsp3) is 0.308. The highest BCUT2D eigenvalue weighted by Crippen LogP contribution is 2.47. The summed E-state index contributed by atoms with van der Waals surface area (Å²) in [6, 6.07) is 3.98. The van der Waals surface area contributed by atoms with Crippen LogP contribution in [-0.4, -0.2) is 28.4 Å². The molecule has 1 aromatic carbocycles. The topological polar surface area (TPSA) is 65.1 Å². The van der Waals surface area contributed by atoms with Gasteiger partial charge in [-0.3, -0.25) is 4.79 Å². The Morgan fingerprint density at radius 1 is 1.50 bits per heavy atom. The van der Waals surface area contributed by atoms with Crippen molar-refractivity contribution in [1.82, 2.24) is 4.98 Å². The summed E-state index contributed by atoms with van der Waals surface area (Å²) in [5.41, 5.74) is 3.21. The van der Waals surface area contributed by atoms with Gasteiger partial charge in [0.1, 0.15) is 5.25 Å². The number of H-pyrrole nitrogens is 1. The predicted molar refractivity (Wildman–Crippen MR) is 73.5 cm³/mol. The third-order valence-electron chi connectivity index (χ3n) is 3.54. The highest BCUT2D eigenvalue weighted by Gasteiger charge is 2.34. The van der Waals surface area contributed by atoms with Gasteiger partial charge in [-0.1, -0.05) is 6.92 Å². The molecule has 0 saturated heterocycles. The van der Waals surface area contributed by atoms with E-state index in [1.807, 2.05) is 32.3 Å². The largest absolute Gasteiger partial charge is 0.480 e. The number of rotatable bonds is 2. The molecule has 3 N–H and O–H groups in total. The van der Waals surface area contributed by atoms with Gasteiger partial charge in [0.05, 0.1) is 11.2 Å². The van der Waals surface area contributed by atoms with E-state index >= 15 is 0 Å². The SMILES string of the molecule is CNc1ccc2c3c(c[nH]c13)C(C)C(C(=O)O)S2. The lowest BCUT2D eigenvalue weighted by molar-refractivity contribution is -0.136. The second-order valence-corrected chi connectivity index (χ2v) is 5.70. The van der Waals surface area contributed by atoms with Crippen LogP contribution in [0.3, 0.4) is 0 Å². The summed E-state index contributed by atoms with van der Waals surface area (Å²) < 4.78 is 0. The highest BCUT2D eigenvalue weighted by molar-refractivity contribution is 8.01. The van der Waals surface area contributed by atoms with Crippen molar-refractivity contribution in [2.75, 3.05) is 12.4 Å². The lowest BCUT2D eigenvalue weighted by Gasteiger charge is -2.25. The summed E-state index contributed by atoms with van der Waals surface area (Å²) in [6.07, 6.45) is 1.94. The van der Waals surface area contributed by atoms with Gasteiger partial charge in [0.15, 0.2) is 0 Å². The average molecular weight is 262 g/mol. The molecule has 5 heteroatoms. The van der Waals surface area contributed by atoms with Crippen LogP contribution in [0.2, 0.25) is 0 Å². The Morgan fingerprint density at radius 3 is 2.94 bits per heavy atom. The van der Waals surface area contributed by atoms with Crippen molar-refractivity contribution < 1.29 is 9.90 Å². The van der Waals surface area contributed by atoms with Crippen LogP contribution >= 0.6 is 11.8 Å². The number of carboxylic acid groups (broad SMARTS) is 1. The second-order valence-electron chi connectivity index (χ2n) is 4.52. The molecule has 18 heavy (non-hydrogen) atoms. The van der Waals surface area contributed by atoms with Crippen molar-refractivity contribution in [1.29, 1.82) is 0 Å². The summed E-state index contributed by atoms with van der Waals surface area (Å²) in [5.74, 6) is -0.731. The first-order chi connectivity index (χ1) is 8.63. The Labute approximate surface area is 109 Å². The van der Waals surface area contributed by atoms with Crippen molar-refractivity contribution in [3.05, 3.63) is 23.9 Å². The lowest BCUT2D eigenvalue weighted by atomic mass is 9.96. The molecule has 1 aromatic heterocycles. The van der Waals surface area contributed by atoms with Gasteiger partial charge in [0.2, 0.25) is 0 Å². The van der Waals surface area contributed by atoms with Gasteiger partial charge in [0.25, 0.3) is 0 Å². The summed E-state index contributed by atoms with van der Waals surface area (Å²) in [5, 5.41) is 13.2. The first-order valence-corrected chi connectivity index (χ1v) is 6.72. The van der Waals surface area contributed by atoms with Gasteiger partial charge in [-0.2, -0.15) is 0 Å². The number of benzene rings is 1. The minimum absolute atomic E-state index is 0.0147. The molecular weight excluding hydrogens is 248 g/mol. The number of carbonyl (C=O) groups is 1. The smallest absolute Gasteiger partial charge is 0.317 e. The molecule has 2 aromatic rings. The minimum atomic E-state index is -0.745. The van der Waals surface area contributed by atoms with Crippen LogP contribution in [0.1, 0.15) is 18.4 Å². The number of carboxylic acids is 1. The molecule has 0 fully saturated rings. The van der Waals surface area contributed by atoms with Gasteiger partial charge >= 0.3 is 5.97 Å². The van der Waals surface area contributed by atoms with Crippen molar-refractivity contribution in [3.63, 3.8) is 0 Å². The normalized spacial score (nSPS) is 22.1. The Kier molecular flexibility index (Phi) is 2.52. The number of thioether (sulfide) groups is 1. The van der Waals surface area contributed by atoms with E-state index in [0.29, 0.717) is 0 Å². The molecule has 1 aliphatic heterocycles. The third-order valence-corrected chi connectivity index (χ3v) is 5.00. The van der Waals surface area contributed by atoms with E-state index < -0.39 is 11.2 Å². The number of aliphatic carboxylic acids is 1. The zero-order chi connectivity index (χ0) is 12.9. The fourth-order valence-corrected chi connectivity index (χ4v) is 3.78. The third kappa shape index (κ3) is 1.43. The van der Waals surface area contributed by atoms with Crippen LogP contribution in [0.5, 0.6) is 0 Å². The van der Waals surface area contributed by atoms with Gasteiger partial charge in [-0.05, 0) is 17.7 Å². The van der Waals surface area contributed by atoms with Crippen molar-refractivity contribution in [3.8, 4) is 0 Å². The van der Waals surface area contributed by atoms with Gasteiger partial charge in [-0.25, -0.2) is 0 Å². The number of nitrogens with one attached hydrogen (secondary N) is 2. The summed E-state index contributed by atoms with van der Waals surface area (Å²) in [4.78, 5) is 15.6. The molecule has 1 aliphatic rings. The molecule has 94 valence electrons. The van der Waals surface area contributed by atoms with E-state index in [4.69, 9.17) is 0 Å². The molecule has 0 bridgehead atoms. The molecular formula is C13H14N2O2S. The van der Waals surface area contributed by atoms with E-state index in [-0.39, 0.29) is 5.92 Å². The maximum absolute atomic E-state index is 11.3. The van der Waals surface area contributed by atoms with E-state index in [2.05, 4.69) is 10.3 Å². The standard InChI is InChI=1S/C13H14N2O2S/c1-6-7-5-15-11-8(14-2)3-4-9(10(7)11)18-12(6)13(16)17/h3-6,12,14-15H,1-2H3,(H,16,17). The molecule has 2 heterocycles. The predicted octanol–water partition coefficient (Wildman–Crippen LogP) is 2.87. The first kappa shape index (κ1) is 11.5. The van der Waals surface area contributed by atoms with Gasteiger partial charge in [0, 0.05) is 29.4 Å². The second kappa shape index (κ2) is 3.95. The quantitative estimate of drug-likeness (QED) is 0.778. The molecule has 2 atom stereocenters. The van der Waals surface area contributed by atoms with Crippen LogP contribution in [0, 0.1) is 0 Å². The van der Waals surface area contributed by atoms with Crippen molar-refractivity contribution >= 4 is 34.3 Å². The molecule has 0 spiro atoms. The molecule has 0 amide bonds. The monoisotopic (exact) mass is 262 g/mol. The molecule has 2 unspecified atom stereocenters. The maximum Gasteiger partial charge on any atom is 0.317 e. The number of anilines is 1. The maximum atomic E-state index is 11.3. The fourth-order valence-electron chi connectivity index (χ4n) is 2.57. The molecule has 0 saturated carbocycles. The van der Waals surface area contributed by atoms with E-state index in [1.165, 1.54) is 11.8 Å². The summed E-state index contributed by atoms with van der Waals surface area (Å²) >= 11 is 1.44. The zero-order valence-electron chi connectivity index (χ0n) is 10.2. The van der Waals surface area contributed by atoms with Crippen molar-refractivity contribution in [2.45, 2.75) is 23.0 Å². The minimum Gasteiger partial charge on any atom is -0.480 e. The number of hydrogen-bond donors (Lipinski definition) is 3.